The zero-order valence-corrected chi connectivity index (χ0v) is 12.6. The van der Waals surface area contributed by atoms with Crippen LogP contribution in [0.25, 0.3) is 10.9 Å². The molecule has 2 aromatic carbocycles. The number of benzene rings is 2. The van der Waals surface area contributed by atoms with Crippen molar-refractivity contribution in [2.75, 3.05) is 6.54 Å². The summed E-state index contributed by atoms with van der Waals surface area (Å²) in [4.78, 5) is 27.0. The smallest absolute Gasteiger partial charge is 0.292 e. The molecular weight excluding hydrogens is 314 g/mol. The number of fused-ring (bicyclic) bond motifs is 1. The van der Waals surface area contributed by atoms with Crippen LogP contribution in [0.2, 0.25) is 0 Å². The van der Waals surface area contributed by atoms with Gasteiger partial charge in [-0.15, -0.1) is 0 Å². The lowest BCUT2D eigenvalue weighted by molar-refractivity contribution is -0.116. The number of Topliss-reactive ketones (excluding diaryl/α,β-unsaturated/α-hetero) is 1. The van der Waals surface area contributed by atoms with Crippen LogP contribution < -0.4 is 5.32 Å². The minimum atomic E-state index is -0.762. The Morgan fingerprint density at radius 1 is 1.00 bits per heavy atom. The third-order valence-electron chi connectivity index (χ3n) is 3.71. The van der Waals surface area contributed by atoms with Gasteiger partial charge in [0, 0.05) is 23.6 Å². The Morgan fingerprint density at radius 3 is 2.46 bits per heavy atom. The number of amides is 1. The van der Waals surface area contributed by atoms with Gasteiger partial charge < -0.3 is 10.3 Å². The molecule has 24 heavy (non-hydrogen) atoms. The topological polar surface area (TPSA) is 62.0 Å². The summed E-state index contributed by atoms with van der Waals surface area (Å²) in [6, 6.07) is 9.90. The van der Waals surface area contributed by atoms with Crippen molar-refractivity contribution in [1.29, 1.82) is 0 Å². The lowest BCUT2D eigenvalue weighted by atomic mass is 10.1. The average Bonchev–Trinajstić information content (AvgIpc) is 2.98. The number of halogens is 2. The van der Waals surface area contributed by atoms with Crippen molar-refractivity contribution in [3.8, 4) is 0 Å². The number of hydrogen-bond donors (Lipinski definition) is 2. The highest BCUT2D eigenvalue weighted by atomic mass is 19.1. The predicted octanol–water partition coefficient (Wildman–Crippen LogP) is 2.99. The van der Waals surface area contributed by atoms with Crippen molar-refractivity contribution in [1.82, 2.24) is 10.3 Å². The van der Waals surface area contributed by atoms with Gasteiger partial charge in [0.25, 0.3) is 11.7 Å². The summed E-state index contributed by atoms with van der Waals surface area (Å²) in [5, 5.41) is 2.89. The number of H-pyrrole nitrogens is 1. The normalized spacial score (nSPS) is 10.8. The van der Waals surface area contributed by atoms with Gasteiger partial charge in [0.15, 0.2) is 0 Å². The Morgan fingerprint density at radius 2 is 1.71 bits per heavy atom. The summed E-state index contributed by atoms with van der Waals surface area (Å²) in [7, 11) is 0. The fraction of sp³-hybridized carbons (Fsp3) is 0.111. The van der Waals surface area contributed by atoms with E-state index in [-0.39, 0.29) is 17.9 Å². The highest BCUT2D eigenvalue weighted by Gasteiger charge is 2.19. The van der Waals surface area contributed by atoms with Crippen LogP contribution in [0.15, 0.2) is 48.7 Å². The molecule has 0 spiro atoms. The second kappa shape index (κ2) is 6.62. The maximum atomic E-state index is 13.3. The lowest BCUT2D eigenvalue weighted by Gasteiger charge is -2.04. The molecule has 3 aromatic rings. The van der Waals surface area contributed by atoms with E-state index in [0.29, 0.717) is 17.3 Å². The van der Waals surface area contributed by atoms with E-state index < -0.39 is 17.5 Å². The quantitative estimate of drug-likeness (QED) is 0.559. The fourth-order valence-electron chi connectivity index (χ4n) is 2.45. The Hall–Kier alpha value is -3.02. The molecule has 1 amide bonds. The van der Waals surface area contributed by atoms with Crippen molar-refractivity contribution in [3.05, 3.63) is 71.4 Å². The van der Waals surface area contributed by atoms with E-state index in [1.54, 1.807) is 12.1 Å². The molecule has 0 atom stereocenters. The third kappa shape index (κ3) is 3.32. The Balaban J connectivity index is 1.64. The van der Waals surface area contributed by atoms with Gasteiger partial charge in [-0.2, -0.15) is 0 Å². The van der Waals surface area contributed by atoms with Crippen molar-refractivity contribution in [3.63, 3.8) is 0 Å². The van der Waals surface area contributed by atoms with Crippen LogP contribution in [0.4, 0.5) is 8.78 Å². The highest BCUT2D eigenvalue weighted by molar-refractivity contribution is 6.44. The van der Waals surface area contributed by atoms with Crippen LogP contribution in [0.1, 0.15) is 15.9 Å². The van der Waals surface area contributed by atoms with Gasteiger partial charge >= 0.3 is 0 Å². The molecule has 6 heteroatoms. The first-order chi connectivity index (χ1) is 11.5. The maximum absolute atomic E-state index is 13.3. The second-order valence-corrected chi connectivity index (χ2v) is 5.35. The Kier molecular flexibility index (Phi) is 4.37. The van der Waals surface area contributed by atoms with E-state index >= 15 is 0 Å². The van der Waals surface area contributed by atoms with Gasteiger partial charge in [0.2, 0.25) is 0 Å². The number of hydrogen-bond acceptors (Lipinski definition) is 2. The molecule has 0 aliphatic rings. The zero-order chi connectivity index (χ0) is 17.1. The first-order valence-electron chi connectivity index (χ1n) is 7.38. The molecule has 0 unspecified atom stereocenters. The predicted molar refractivity (Wildman–Crippen MR) is 85.7 cm³/mol. The first-order valence-corrected chi connectivity index (χ1v) is 7.38. The van der Waals surface area contributed by atoms with Crippen LogP contribution in [0.5, 0.6) is 0 Å². The van der Waals surface area contributed by atoms with E-state index in [0.717, 1.165) is 5.56 Å². The van der Waals surface area contributed by atoms with E-state index in [4.69, 9.17) is 0 Å². The number of carbonyl (C=O) groups is 2. The van der Waals surface area contributed by atoms with Gasteiger partial charge in [-0.25, -0.2) is 8.78 Å². The van der Waals surface area contributed by atoms with Crippen molar-refractivity contribution < 1.29 is 18.4 Å². The third-order valence-corrected chi connectivity index (χ3v) is 3.71. The molecule has 122 valence electrons. The van der Waals surface area contributed by atoms with E-state index in [9.17, 15) is 18.4 Å². The Bertz CT molecular complexity index is 901. The molecule has 2 N–H and O–H groups in total. The van der Waals surface area contributed by atoms with E-state index in [1.807, 2.05) is 0 Å². The monoisotopic (exact) mass is 328 g/mol. The highest BCUT2D eigenvalue weighted by Crippen LogP contribution is 2.19. The molecule has 1 heterocycles. The number of aromatic amines is 1. The van der Waals surface area contributed by atoms with Gasteiger partial charge in [0.05, 0.1) is 5.56 Å². The van der Waals surface area contributed by atoms with E-state index in [1.165, 1.54) is 36.5 Å². The van der Waals surface area contributed by atoms with E-state index in [2.05, 4.69) is 10.3 Å². The standard InChI is InChI=1S/C18H14F2N2O2/c19-12-3-1-11(2-4-12)7-8-21-18(24)17(23)15-10-22-16-6-5-13(20)9-14(15)16/h1-6,9-10,22H,7-8H2,(H,21,24). The molecule has 0 saturated carbocycles. The molecule has 0 aliphatic carbocycles. The molecule has 0 aliphatic heterocycles. The number of ketones is 1. The summed E-state index contributed by atoms with van der Waals surface area (Å²) in [5.41, 5.74) is 1.56. The van der Waals surface area contributed by atoms with Crippen LogP contribution in [0.3, 0.4) is 0 Å². The molecule has 0 fully saturated rings. The van der Waals surface area contributed by atoms with Crippen LogP contribution in [-0.4, -0.2) is 23.2 Å². The molecule has 4 nitrogen and oxygen atoms in total. The minimum absolute atomic E-state index is 0.129. The number of rotatable bonds is 5. The molecule has 0 bridgehead atoms. The second-order valence-electron chi connectivity index (χ2n) is 5.35. The minimum Gasteiger partial charge on any atom is -0.360 e. The van der Waals surface area contributed by atoms with Crippen molar-refractivity contribution in [2.24, 2.45) is 0 Å². The van der Waals surface area contributed by atoms with Gasteiger partial charge in [-0.1, -0.05) is 12.1 Å². The first kappa shape index (κ1) is 15.9. The van der Waals surface area contributed by atoms with Crippen LogP contribution in [0, 0.1) is 11.6 Å². The summed E-state index contributed by atoms with van der Waals surface area (Å²) in [6.45, 7) is 0.243. The summed E-state index contributed by atoms with van der Waals surface area (Å²) in [5.74, 6) is -2.30. The number of nitrogens with one attached hydrogen (secondary N) is 2. The molecule has 3 rings (SSSR count). The lowest BCUT2D eigenvalue weighted by Crippen LogP contribution is -2.32. The van der Waals surface area contributed by atoms with Crippen molar-refractivity contribution in [2.45, 2.75) is 6.42 Å². The molecule has 0 saturated heterocycles. The average molecular weight is 328 g/mol. The van der Waals surface area contributed by atoms with Crippen LogP contribution in [-0.2, 0) is 11.2 Å². The summed E-state index contributed by atoms with van der Waals surface area (Å²) in [6.07, 6.45) is 1.87. The van der Waals surface area contributed by atoms with Crippen LogP contribution >= 0.6 is 0 Å². The van der Waals surface area contributed by atoms with Crippen molar-refractivity contribution >= 4 is 22.6 Å². The Labute approximate surface area is 136 Å². The summed E-state index contributed by atoms with van der Waals surface area (Å²) >= 11 is 0. The summed E-state index contributed by atoms with van der Waals surface area (Å²) < 4.78 is 26.1. The molecule has 1 aromatic heterocycles. The molecule has 0 radical (unpaired) electrons. The van der Waals surface area contributed by atoms with Gasteiger partial charge in [0.1, 0.15) is 11.6 Å². The zero-order valence-electron chi connectivity index (χ0n) is 12.6. The number of aromatic nitrogens is 1. The number of carbonyl (C=O) groups excluding carboxylic acids is 2. The SMILES string of the molecule is O=C(NCCc1ccc(F)cc1)C(=O)c1c[nH]c2ccc(F)cc12. The molecular formula is C18H14F2N2O2. The fourth-order valence-corrected chi connectivity index (χ4v) is 2.45. The van der Waals surface area contributed by atoms with Gasteiger partial charge in [-0.05, 0) is 42.3 Å². The maximum Gasteiger partial charge on any atom is 0.292 e. The van der Waals surface area contributed by atoms with Gasteiger partial charge in [-0.3, -0.25) is 9.59 Å². The largest absolute Gasteiger partial charge is 0.360 e.